The Bertz CT molecular complexity index is 1310. The third kappa shape index (κ3) is 5.03. The molecule has 198 valence electrons. The molecule has 1 aliphatic carbocycles. The second-order valence-electron chi connectivity index (χ2n) is 9.52. The van der Waals surface area contributed by atoms with Crippen molar-refractivity contribution in [2.75, 3.05) is 51.1 Å². The van der Waals surface area contributed by atoms with Crippen LogP contribution in [0.5, 0.6) is 0 Å². The van der Waals surface area contributed by atoms with E-state index in [0.29, 0.717) is 35.1 Å². The molecule has 1 saturated carbocycles. The Hall–Kier alpha value is -3.51. The molecule has 0 aromatic carbocycles. The molecule has 0 unspecified atom stereocenters. The molecule has 2 atom stereocenters. The average molecular weight is 513 g/mol. The van der Waals surface area contributed by atoms with Gasteiger partial charge in [-0.1, -0.05) is 0 Å². The minimum absolute atomic E-state index is 0.0139. The average Bonchev–Trinajstić information content (AvgIpc) is 3.32. The van der Waals surface area contributed by atoms with Crippen molar-refractivity contribution in [2.45, 2.75) is 43.9 Å². The summed E-state index contributed by atoms with van der Waals surface area (Å²) < 4.78 is 21.4. The minimum atomic E-state index is -0.356. The van der Waals surface area contributed by atoms with Crippen LogP contribution in [0.3, 0.4) is 0 Å². The van der Waals surface area contributed by atoms with E-state index < -0.39 is 0 Å². The van der Waals surface area contributed by atoms with E-state index in [2.05, 4.69) is 30.9 Å². The van der Waals surface area contributed by atoms with Gasteiger partial charge in [-0.15, -0.1) is 0 Å². The van der Waals surface area contributed by atoms with Gasteiger partial charge < -0.3 is 30.2 Å². The van der Waals surface area contributed by atoms with Crippen molar-refractivity contribution in [1.82, 2.24) is 29.4 Å². The van der Waals surface area contributed by atoms with Crippen molar-refractivity contribution >= 4 is 28.9 Å². The van der Waals surface area contributed by atoms with Gasteiger partial charge in [-0.3, -0.25) is 9.59 Å². The Labute approximate surface area is 214 Å². The van der Waals surface area contributed by atoms with Gasteiger partial charge in [-0.2, -0.15) is 9.61 Å². The first-order valence-corrected chi connectivity index (χ1v) is 12.7. The Morgan fingerprint density at radius 1 is 1.24 bits per heavy atom. The van der Waals surface area contributed by atoms with Crippen LogP contribution in [-0.2, 0) is 4.74 Å². The molecule has 1 aliphatic heterocycles. The standard InChI is InChI=1S/C25H33FN8O3/c1-27-22-14-21(31-23-17(15-28-34(22)23)24(35)30-18-5-6-20(18)37-2)29-19-4-3-10-33(25(19)36)16-7-11-32(12-8-16)13-9-26/h3-4,10,14-16,18,20,27H,5-9,11-13H2,1-2H3,(H,29,31)(H,30,35)/t18-,20-/m1/s1. The zero-order valence-electron chi connectivity index (χ0n) is 21.1. The molecular formula is C25H33FN8O3. The van der Waals surface area contributed by atoms with E-state index in [1.54, 1.807) is 41.6 Å². The molecule has 5 rings (SSSR count). The first-order chi connectivity index (χ1) is 18.0. The van der Waals surface area contributed by atoms with E-state index in [1.165, 1.54) is 6.20 Å². The molecule has 1 amide bonds. The maximum Gasteiger partial charge on any atom is 0.274 e. The predicted molar refractivity (Wildman–Crippen MR) is 138 cm³/mol. The number of amides is 1. The topological polar surface area (TPSA) is 118 Å². The lowest BCUT2D eigenvalue weighted by molar-refractivity contribution is 0.00732. The number of likely N-dealkylation sites (tertiary alicyclic amines) is 1. The van der Waals surface area contributed by atoms with Crippen molar-refractivity contribution < 1.29 is 13.9 Å². The van der Waals surface area contributed by atoms with Crippen molar-refractivity contribution in [3.8, 4) is 0 Å². The van der Waals surface area contributed by atoms with E-state index in [9.17, 15) is 14.0 Å². The molecule has 0 spiro atoms. The maximum absolute atomic E-state index is 13.3. The van der Waals surface area contributed by atoms with Gasteiger partial charge in [0.2, 0.25) is 0 Å². The Balaban J connectivity index is 1.39. The number of pyridine rings is 1. The van der Waals surface area contributed by atoms with Gasteiger partial charge in [0.1, 0.15) is 29.6 Å². The summed E-state index contributed by atoms with van der Waals surface area (Å²) in [7, 11) is 3.40. The van der Waals surface area contributed by atoms with Gasteiger partial charge in [0.15, 0.2) is 5.65 Å². The summed E-state index contributed by atoms with van der Waals surface area (Å²) in [6.45, 7) is 1.61. The number of ether oxygens (including phenoxy) is 1. The molecule has 2 fully saturated rings. The quantitative estimate of drug-likeness (QED) is 0.400. The molecule has 37 heavy (non-hydrogen) atoms. The highest BCUT2D eigenvalue weighted by Crippen LogP contribution is 2.25. The maximum atomic E-state index is 13.3. The number of piperidine rings is 1. The fourth-order valence-corrected chi connectivity index (χ4v) is 5.10. The van der Waals surface area contributed by atoms with Crippen molar-refractivity contribution in [1.29, 1.82) is 0 Å². The number of halogens is 1. The van der Waals surface area contributed by atoms with E-state index >= 15 is 0 Å². The molecule has 4 heterocycles. The molecule has 12 heteroatoms. The normalized spacial score (nSPS) is 20.5. The van der Waals surface area contributed by atoms with Gasteiger partial charge in [0.25, 0.3) is 11.5 Å². The fourth-order valence-electron chi connectivity index (χ4n) is 5.10. The summed E-state index contributed by atoms with van der Waals surface area (Å²) in [5.41, 5.74) is 0.945. The summed E-state index contributed by atoms with van der Waals surface area (Å²) in [5.74, 6) is 0.758. The van der Waals surface area contributed by atoms with Crippen LogP contribution in [0.25, 0.3) is 5.65 Å². The van der Waals surface area contributed by atoms with Crippen LogP contribution >= 0.6 is 0 Å². The zero-order chi connectivity index (χ0) is 25.9. The van der Waals surface area contributed by atoms with Crippen LogP contribution in [0.15, 0.2) is 35.4 Å². The van der Waals surface area contributed by atoms with E-state index in [1.807, 2.05) is 6.07 Å². The second kappa shape index (κ2) is 10.9. The molecule has 1 saturated heterocycles. The highest BCUT2D eigenvalue weighted by Gasteiger charge is 2.33. The summed E-state index contributed by atoms with van der Waals surface area (Å²) in [5, 5.41) is 13.6. The summed E-state index contributed by atoms with van der Waals surface area (Å²) >= 11 is 0. The predicted octanol–water partition coefficient (Wildman–Crippen LogP) is 2.19. The van der Waals surface area contributed by atoms with Crippen LogP contribution in [0.2, 0.25) is 0 Å². The third-order valence-electron chi connectivity index (χ3n) is 7.39. The Morgan fingerprint density at radius 3 is 2.73 bits per heavy atom. The van der Waals surface area contributed by atoms with Gasteiger partial charge in [-0.05, 0) is 37.8 Å². The molecule has 0 radical (unpaired) electrons. The van der Waals surface area contributed by atoms with Crippen molar-refractivity contribution in [3.63, 3.8) is 0 Å². The number of carbonyl (C=O) groups is 1. The van der Waals surface area contributed by atoms with E-state index in [0.717, 1.165) is 38.8 Å². The van der Waals surface area contributed by atoms with E-state index in [4.69, 9.17) is 4.74 Å². The molecule has 3 aromatic heterocycles. The van der Waals surface area contributed by atoms with Crippen LogP contribution in [0, 0.1) is 0 Å². The Morgan fingerprint density at radius 2 is 2.05 bits per heavy atom. The lowest BCUT2D eigenvalue weighted by atomic mass is 9.89. The van der Waals surface area contributed by atoms with Gasteiger partial charge >= 0.3 is 0 Å². The molecule has 11 nitrogen and oxygen atoms in total. The molecule has 3 aromatic rings. The number of nitrogens with zero attached hydrogens (tertiary/aromatic N) is 5. The summed E-state index contributed by atoms with van der Waals surface area (Å²) in [6.07, 6.45) is 6.66. The number of carbonyl (C=O) groups excluding carboxylic acids is 1. The number of aromatic nitrogens is 4. The van der Waals surface area contributed by atoms with Crippen LogP contribution in [0.4, 0.5) is 21.7 Å². The van der Waals surface area contributed by atoms with Crippen LogP contribution in [0.1, 0.15) is 42.1 Å². The zero-order valence-corrected chi connectivity index (χ0v) is 21.1. The molecular weight excluding hydrogens is 479 g/mol. The number of alkyl halides is 1. The first kappa shape index (κ1) is 25.2. The monoisotopic (exact) mass is 512 g/mol. The summed E-state index contributed by atoms with van der Waals surface area (Å²) in [4.78, 5) is 33.1. The number of anilines is 3. The SMILES string of the molecule is CNc1cc(Nc2cccn(C3CCN(CCF)CC3)c2=O)nc2c(C(=O)N[C@@H]3CC[C@H]3OC)cnn12. The largest absolute Gasteiger partial charge is 0.379 e. The van der Waals surface area contributed by atoms with Gasteiger partial charge in [0, 0.05) is 52.1 Å². The third-order valence-corrected chi connectivity index (χ3v) is 7.39. The smallest absolute Gasteiger partial charge is 0.274 e. The highest BCUT2D eigenvalue weighted by atomic mass is 19.1. The van der Waals surface area contributed by atoms with Crippen LogP contribution in [-0.4, -0.2) is 82.6 Å². The number of methoxy groups -OCH3 is 1. The van der Waals surface area contributed by atoms with Crippen molar-refractivity contribution in [2.24, 2.45) is 0 Å². The minimum Gasteiger partial charge on any atom is -0.379 e. The van der Waals surface area contributed by atoms with Crippen LogP contribution < -0.4 is 21.5 Å². The molecule has 0 bridgehead atoms. The fraction of sp³-hybridized carbons (Fsp3) is 0.520. The summed E-state index contributed by atoms with van der Waals surface area (Å²) in [6, 6.07) is 5.30. The first-order valence-electron chi connectivity index (χ1n) is 12.7. The number of rotatable bonds is 9. The Kier molecular flexibility index (Phi) is 7.38. The second-order valence-corrected chi connectivity index (χ2v) is 9.52. The highest BCUT2D eigenvalue weighted by molar-refractivity contribution is 6.00. The molecule has 2 aliphatic rings. The number of fused-ring (bicyclic) bond motifs is 1. The lowest BCUT2D eigenvalue weighted by Crippen LogP contribution is -2.51. The number of hydrogen-bond acceptors (Lipinski definition) is 8. The number of nitrogens with one attached hydrogen (secondary N) is 3. The van der Waals surface area contributed by atoms with Gasteiger partial charge in [-0.25, -0.2) is 9.37 Å². The number of hydrogen-bond donors (Lipinski definition) is 3. The molecule has 3 N–H and O–H groups in total. The lowest BCUT2D eigenvalue weighted by Gasteiger charge is -2.35. The van der Waals surface area contributed by atoms with Crippen molar-refractivity contribution in [3.05, 3.63) is 46.5 Å². The van der Waals surface area contributed by atoms with Gasteiger partial charge in [0.05, 0.1) is 18.3 Å². The van der Waals surface area contributed by atoms with E-state index in [-0.39, 0.29) is 36.3 Å².